The van der Waals surface area contributed by atoms with Gasteiger partial charge in [0.25, 0.3) is 0 Å². The summed E-state index contributed by atoms with van der Waals surface area (Å²) in [7, 11) is 0. The number of amides is 1. The minimum atomic E-state index is -0.480. The van der Waals surface area contributed by atoms with Crippen molar-refractivity contribution >= 4 is 23.2 Å². The Bertz CT molecular complexity index is 823. The van der Waals surface area contributed by atoms with E-state index in [-0.39, 0.29) is 5.76 Å². The van der Waals surface area contributed by atoms with E-state index in [4.69, 9.17) is 16.6 Å². The average Bonchev–Trinajstić information content (AvgIpc) is 3.14. The Kier molecular flexibility index (Phi) is 6.11. The number of benzene rings is 1. The van der Waals surface area contributed by atoms with Gasteiger partial charge in [-0.25, -0.2) is 4.39 Å². The number of hydrogen-bond acceptors (Lipinski definition) is 3. The Balaban J connectivity index is 1.54. The zero-order chi connectivity index (χ0) is 19.4. The molecule has 1 saturated carbocycles. The van der Waals surface area contributed by atoms with Crippen LogP contribution in [-0.4, -0.2) is 17.1 Å². The van der Waals surface area contributed by atoms with Gasteiger partial charge >= 0.3 is 5.91 Å². The van der Waals surface area contributed by atoms with Gasteiger partial charge in [-0.15, -0.1) is 0 Å². The van der Waals surface area contributed by atoms with E-state index in [1.54, 1.807) is 24.3 Å². The molecule has 5 nitrogen and oxygen atoms in total. The fourth-order valence-corrected chi connectivity index (χ4v) is 3.63. The van der Waals surface area contributed by atoms with Crippen LogP contribution in [0.1, 0.15) is 43.7 Å². The number of halogens is 1. The number of carbonyl (C=O) groups is 1. The summed E-state index contributed by atoms with van der Waals surface area (Å²) in [5, 5.41) is 3.64. The van der Waals surface area contributed by atoms with Crippen LogP contribution in [0.5, 0.6) is 0 Å². The molecule has 3 atom stereocenters. The van der Waals surface area contributed by atoms with Crippen LogP contribution in [0.25, 0.3) is 11.3 Å². The van der Waals surface area contributed by atoms with Crippen molar-refractivity contribution in [2.75, 3.05) is 0 Å². The van der Waals surface area contributed by atoms with E-state index in [0.717, 1.165) is 6.42 Å². The Hall–Kier alpha value is -2.41. The van der Waals surface area contributed by atoms with Crippen molar-refractivity contribution in [3.05, 3.63) is 48.0 Å². The highest BCUT2D eigenvalue weighted by Gasteiger charge is 2.27. The maximum Gasteiger partial charge on any atom is 0.305 e. The number of carbonyl (C=O) groups excluding carboxylic acids is 1. The lowest BCUT2D eigenvalue weighted by molar-refractivity contribution is 0.0916. The fraction of sp³-hybridized carbons (Fsp3) is 0.400. The molecule has 0 saturated heterocycles. The van der Waals surface area contributed by atoms with Gasteiger partial charge in [-0.1, -0.05) is 38.8 Å². The highest BCUT2D eigenvalue weighted by atomic mass is 32.1. The molecule has 27 heavy (non-hydrogen) atoms. The summed E-state index contributed by atoms with van der Waals surface area (Å²) < 4.78 is 19.3. The zero-order valence-corrected chi connectivity index (χ0v) is 16.2. The Labute approximate surface area is 163 Å². The van der Waals surface area contributed by atoms with Gasteiger partial charge in [0.2, 0.25) is 0 Å². The number of hydrogen-bond donors (Lipinski definition) is 3. The van der Waals surface area contributed by atoms with Crippen LogP contribution in [0, 0.1) is 17.7 Å². The van der Waals surface area contributed by atoms with E-state index in [1.165, 1.54) is 25.0 Å². The third-order valence-corrected chi connectivity index (χ3v) is 5.50. The summed E-state index contributed by atoms with van der Waals surface area (Å²) in [6.07, 6.45) is 3.47. The van der Waals surface area contributed by atoms with Gasteiger partial charge in [0.1, 0.15) is 11.6 Å². The maximum atomic E-state index is 13.8. The van der Waals surface area contributed by atoms with Crippen LogP contribution in [0.3, 0.4) is 0 Å². The van der Waals surface area contributed by atoms with Gasteiger partial charge in [-0.05, 0) is 54.7 Å². The molecule has 2 aromatic rings. The topological polar surface area (TPSA) is 66.3 Å². The minimum Gasteiger partial charge on any atom is -0.451 e. The molecular formula is C20H24FN3O2S. The average molecular weight is 389 g/mol. The standard InChI is InChI=1S/C20H24FN3O2S/c1-12-6-5-9-16(13(12)2)22-20(27)24-23-19(25)18-11-10-17(26-18)14-7-3-4-8-15(14)21/h3-4,7-8,10-13,16H,5-6,9H2,1-2H3,(H,23,25)(H2,22,24,27)/t12-,13-,16+/m1/s1. The van der Waals surface area contributed by atoms with Crippen molar-refractivity contribution in [2.45, 2.75) is 39.2 Å². The molecule has 0 aliphatic heterocycles. The van der Waals surface area contributed by atoms with Crippen LogP contribution in [0.15, 0.2) is 40.8 Å². The number of furan rings is 1. The number of rotatable bonds is 3. The first-order valence-electron chi connectivity index (χ1n) is 9.17. The van der Waals surface area contributed by atoms with Gasteiger partial charge < -0.3 is 9.73 Å². The molecule has 0 radical (unpaired) electrons. The van der Waals surface area contributed by atoms with E-state index in [1.807, 2.05) is 0 Å². The predicted molar refractivity (Wildman–Crippen MR) is 106 cm³/mol. The van der Waals surface area contributed by atoms with Crippen molar-refractivity contribution < 1.29 is 13.6 Å². The number of nitrogens with one attached hydrogen (secondary N) is 3. The molecule has 1 fully saturated rings. The molecule has 144 valence electrons. The maximum absolute atomic E-state index is 13.8. The van der Waals surface area contributed by atoms with E-state index >= 15 is 0 Å². The third kappa shape index (κ3) is 4.66. The largest absolute Gasteiger partial charge is 0.451 e. The molecule has 0 bridgehead atoms. The number of thiocarbonyl (C=S) groups is 1. The van der Waals surface area contributed by atoms with Crippen molar-refractivity contribution in [1.29, 1.82) is 0 Å². The highest BCUT2D eigenvalue weighted by molar-refractivity contribution is 7.80. The normalized spacial score (nSPS) is 22.1. The van der Waals surface area contributed by atoms with Gasteiger partial charge in [0.05, 0.1) is 5.56 Å². The first kappa shape index (κ1) is 19.4. The predicted octanol–water partition coefficient (Wildman–Crippen LogP) is 4.02. The molecule has 0 unspecified atom stereocenters. The summed E-state index contributed by atoms with van der Waals surface area (Å²) in [6.45, 7) is 4.47. The monoisotopic (exact) mass is 389 g/mol. The second-order valence-electron chi connectivity index (χ2n) is 7.07. The SMILES string of the molecule is C[C@@H]1[C@H](C)CCC[C@@H]1NC(=S)NNC(=O)c1ccc(-c2ccccc2F)o1. The molecule has 7 heteroatoms. The molecule has 3 rings (SSSR count). The van der Waals surface area contributed by atoms with Crippen molar-refractivity contribution in [2.24, 2.45) is 11.8 Å². The van der Waals surface area contributed by atoms with Crippen LogP contribution in [0.4, 0.5) is 4.39 Å². The van der Waals surface area contributed by atoms with Crippen LogP contribution in [-0.2, 0) is 0 Å². The quantitative estimate of drug-likeness (QED) is 0.547. The van der Waals surface area contributed by atoms with Crippen LogP contribution >= 0.6 is 12.2 Å². The van der Waals surface area contributed by atoms with E-state index in [0.29, 0.717) is 34.3 Å². The van der Waals surface area contributed by atoms with Crippen molar-refractivity contribution in [3.8, 4) is 11.3 Å². The summed E-state index contributed by atoms with van der Waals surface area (Å²) >= 11 is 5.28. The zero-order valence-electron chi connectivity index (χ0n) is 15.4. The molecule has 1 aromatic carbocycles. The van der Waals surface area contributed by atoms with E-state index < -0.39 is 11.7 Å². The van der Waals surface area contributed by atoms with Crippen molar-refractivity contribution in [3.63, 3.8) is 0 Å². The molecule has 0 spiro atoms. The molecule has 1 amide bonds. The molecule has 3 N–H and O–H groups in total. The highest BCUT2D eigenvalue weighted by Crippen LogP contribution is 2.29. The lowest BCUT2D eigenvalue weighted by atomic mass is 9.78. The third-order valence-electron chi connectivity index (χ3n) is 5.28. The molecule has 1 aromatic heterocycles. The Morgan fingerprint density at radius 2 is 1.93 bits per heavy atom. The fourth-order valence-electron chi connectivity index (χ4n) is 3.43. The second-order valence-corrected chi connectivity index (χ2v) is 7.48. The van der Waals surface area contributed by atoms with E-state index in [2.05, 4.69) is 30.0 Å². The van der Waals surface area contributed by atoms with Gasteiger partial charge in [0, 0.05) is 6.04 Å². The summed E-state index contributed by atoms with van der Waals surface area (Å²) in [5.74, 6) is 0.647. The smallest absolute Gasteiger partial charge is 0.305 e. The number of hydrazine groups is 1. The summed E-state index contributed by atoms with van der Waals surface area (Å²) in [4.78, 5) is 12.2. The summed E-state index contributed by atoms with van der Waals surface area (Å²) in [5.41, 5.74) is 5.53. The van der Waals surface area contributed by atoms with Crippen LogP contribution in [0.2, 0.25) is 0 Å². The Morgan fingerprint density at radius 3 is 2.70 bits per heavy atom. The molecule has 1 aliphatic carbocycles. The molecule has 1 aliphatic rings. The van der Waals surface area contributed by atoms with Gasteiger partial charge in [0.15, 0.2) is 10.9 Å². The lowest BCUT2D eigenvalue weighted by Gasteiger charge is -2.35. The molecular weight excluding hydrogens is 365 g/mol. The lowest BCUT2D eigenvalue weighted by Crippen LogP contribution is -2.52. The van der Waals surface area contributed by atoms with Crippen molar-refractivity contribution in [1.82, 2.24) is 16.2 Å². The Morgan fingerprint density at radius 1 is 1.15 bits per heavy atom. The second kappa shape index (κ2) is 8.52. The van der Waals surface area contributed by atoms with Gasteiger partial charge in [-0.3, -0.25) is 15.6 Å². The van der Waals surface area contributed by atoms with E-state index in [9.17, 15) is 9.18 Å². The summed E-state index contributed by atoms with van der Waals surface area (Å²) in [6, 6.07) is 9.60. The first-order chi connectivity index (χ1) is 13.0. The van der Waals surface area contributed by atoms with Crippen LogP contribution < -0.4 is 16.2 Å². The van der Waals surface area contributed by atoms with Gasteiger partial charge in [-0.2, -0.15) is 0 Å². The molecule has 1 heterocycles. The first-order valence-corrected chi connectivity index (χ1v) is 9.58. The minimum absolute atomic E-state index is 0.0724.